The number of hydrogen-bond acceptors (Lipinski definition) is 7. The number of rotatable bonds is 10. The fraction of sp³-hybridized carbons (Fsp3) is 0.481. The number of para-hydroxylation sites is 2. The molecule has 0 amide bonds. The van der Waals surface area contributed by atoms with Gasteiger partial charge < -0.3 is 19.6 Å². The van der Waals surface area contributed by atoms with E-state index in [9.17, 15) is 36.4 Å². The van der Waals surface area contributed by atoms with Gasteiger partial charge in [0.25, 0.3) is 0 Å². The maximum Gasteiger partial charge on any atom is 0.422 e. The molecule has 0 saturated carbocycles. The monoisotopic (exact) mass is 573 g/mol. The number of fused-ring (bicyclic) bond motifs is 1. The van der Waals surface area contributed by atoms with E-state index in [1.807, 2.05) is 6.07 Å². The van der Waals surface area contributed by atoms with Gasteiger partial charge in [-0.25, -0.2) is 4.79 Å². The second-order valence-electron chi connectivity index (χ2n) is 10.2. The molecule has 0 aliphatic carbocycles. The van der Waals surface area contributed by atoms with Crippen LogP contribution in [0, 0.1) is 16.7 Å². The van der Waals surface area contributed by atoms with E-state index >= 15 is 0 Å². The molecule has 1 heterocycles. The minimum atomic E-state index is -4.87. The summed E-state index contributed by atoms with van der Waals surface area (Å²) in [7, 11) is 0. The molecule has 0 bridgehead atoms. The molecule has 40 heavy (non-hydrogen) atoms. The van der Waals surface area contributed by atoms with Crippen LogP contribution in [0.5, 0.6) is 11.5 Å². The molecule has 0 spiro atoms. The summed E-state index contributed by atoms with van der Waals surface area (Å²) in [5.74, 6) is -1.30. The zero-order valence-corrected chi connectivity index (χ0v) is 22.1. The predicted molar refractivity (Wildman–Crippen MR) is 133 cm³/mol. The summed E-state index contributed by atoms with van der Waals surface area (Å²) in [4.78, 5) is 17.9. The number of nitrogens with one attached hydrogen (secondary N) is 1. The van der Waals surface area contributed by atoms with E-state index < -0.39 is 56.0 Å². The summed E-state index contributed by atoms with van der Waals surface area (Å²) in [5, 5.41) is 13.0. The van der Waals surface area contributed by atoms with E-state index in [2.05, 4.69) is 5.32 Å². The zero-order chi connectivity index (χ0) is 29.7. The average Bonchev–Trinajstić information content (AvgIpc) is 3.32. The SMILES string of the molecule is CC(C)(C)C(=O)ON(CCOc1ccccc1OCC(F)(F)F)[C@@H](Cc1cc(C#N)c2c(c1)CCN2)C(F)(F)F. The molecule has 7 nitrogen and oxygen atoms in total. The van der Waals surface area contributed by atoms with Gasteiger partial charge in [0.1, 0.15) is 18.7 Å². The first kappa shape index (κ1) is 30.9. The van der Waals surface area contributed by atoms with Crippen LogP contribution in [-0.4, -0.2) is 55.7 Å². The third-order valence-corrected chi connectivity index (χ3v) is 5.87. The second kappa shape index (κ2) is 12.2. The zero-order valence-electron chi connectivity index (χ0n) is 22.1. The molecule has 218 valence electrons. The normalized spacial score (nSPS) is 14.2. The minimum Gasteiger partial charge on any atom is -0.488 e. The lowest BCUT2D eigenvalue weighted by atomic mass is 9.97. The predicted octanol–water partition coefficient (Wildman–Crippen LogP) is 5.83. The molecular weight excluding hydrogens is 544 g/mol. The van der Waals surface area contributed by atoms with Crippen molar-refractivity contribution >= 4 is 11.7 Å². The van der Waals surface area contributed by atoms with E-state index in [-0.39, 0.29) is 22.6 Å². The largest absolute Gasteiger partial charge is 0.488 e. The summed E-state index contributed by atoms with van der Waals surface area (Å²) >= 11 is 0. The van der Waals surface area contributed by atoms with Gasteiger partial charge in [-0.15, -0.1) is 5.06 Å². The highest BCUT2D eigenvalue weighted by molar-refractivity contribution is 5.75. The van der Waals surface area contributed by atoms with Crippen LogP contribution >= 0.6 is 0 Å². The van der Waals surface area contributed by atoms with Crippen LogP contribution in [-0.2, 0) is 22.5 Å². The Hall–Kier alpha value is -3.66. The van der Waals surface area contributed by atoms with Crippen molar-refractivity contribution in [3.63, 3.8) is 0 Å². The lowest BCUT2D eigenvalue weighted by Gasteiger charge is -2.33. The molecule has 2 aromatic carbocycles. The topological polar surface area (TPSA) is 83.8 Å². The highest BCUT2D eigenvalue weighted by atomic mass is 19.4. The van der Waals surface area contributed by atoms with Crippen LogP contribution < -0.4 is 14.8 Å². The van der Waals surface area contributed by atoms with Crippen LogP contribution in [0.4, 0.5) is 32.0 Å². The molecule has 0 aromatic heterocycles. The lowest BCUT2D eigenvalue weighted by Crippen LogP contribution is -2.50. The van der Waals surface area contributed by atoms with E-state index in [4.69, 9.17) is 14.3 Å². The van der Waals surface area contributed by atoms with Crippen molar-refractivity contribution < 1.29 is 45.4 Å². The highest BCUT2D eigenvalue weighted by Gasteiger charge is 2.46. The summed E-state index contributed by atoms with van der Waals surface area (Å²) < 4.78 is 91.2. The number of halogens is 6. The summed E-state index contributed by atoms with van der Waals surface area (Å²) in [6.07, 6.45) is -9.56. The highest BCUT2D eigenvalue weighted by Crippen LogP contribution is 2.34. The first-order chi connectivity index (χ1) is 18.6. The van der Waals surface area contributed by atoms with Crippen molar-refractivity contribution in [3.05, 3.63) is 53.1 Å². The molecule has 0 fully saturated rings. The standard InChI is InChI=1S/C27H29F6N3O4/c1-25(2,3)24(37)40-36(10-11-38-20-6-4-5-7-21(20)39-16-26(28,29)30)22(27(31,32)33)14-17-12-18-8-9-35-23(18)19(13-17)15-34/h4-7,12-13,22,35H,8-11,14,16H2,1-3H3/t22-/m0/s1. The quantitative estimate of drug-likeness (QED) is 0.283. The Morgan fingerprint density at radius 1 is 1.07 bits per heavy atom. The summed E-state index contributed by atoms with van der Waals surface area (Å²) in [6.45, 7) is 2.36. The minimum absolute atomic E-state index is 0.123. The van der Waals surface area contributed by atoms with Crippen molar-refractivity contribution in [2.24, 2.45) is 5.41 Å². The molecule has 0 saturated heterocycles. The molecule has 1 aliphatic heterocycles. The molecule has 1 N–H and O–H groups in total. The molecule has 1 atom stereocenters. The fourth-order valence-electron chi connectivity index (χ4n) is 3.91. The number of ether oxygens (including phenoxy) is 2. The number of benzene rings is 2. The number of nitriles is 1. The molecule has 13 heteroatoms. The van der Waals surface area contributed by atoms with Gasteiger partial charge in [-0.3, -0.25) is 0 Å². The van der Waals surface area contributed by atoms with Crippen molar-refractivity contribution in [2.75, 3.05) is 31.6 Å². The van der Waals surface area contributed by atoms with Gasteiger partial charge in [-0.05, 0) is 56.5 Å². The number of hydroxylamine groups is 2. The van der Waals surface area contributed by atoms with Gasteiger partial charge in [0.2, 0.25) is 0 Å². The van der Waals surface area contributed by atoms with Gasteiger partial charge in [0.15, 0.2) is 18.1 Å². The molecule has 3 rings (SSSR count). The fourth-order valence-corrected chi connectivity index (χ4v) is 3.91. The smallest absolute Gasteiger partial charge is 0.422 e. The van der Waals surface area contributed by atoms with Crippen molar-refractivity contribution in [1.82, 2.24) is 5.06 Å². The number of carbonyl (C=O) groups excluding carboxylic acids is 1. The maximum atomic E-state index is 14.4. The van der Waals surface area contributed by atoms with Gasteiger partial charge in [-0.2, -0.15) is 31.6 Å². The number of carbonyl (C=O) groups is 1. The number of anilines is 1. The van der Waals surface area contributed by atoms with Gasteiger partial charge in [0.05, 0.1) is 23.2 Å². The molecular formula is C27H29F6N3O4. The third-order valence-electron chi connectivity index (χ3n) is 5.87. The van der Waals surface area contributed by atoms with Crippen LogP contribution in [0.25, 0.3) is 0 Å². The van der Waals surface area contributed by atoms with Crippen LogP contribution in [0.2, 0.25) is 0 Å². The Morgan fingerprint density at radius 3 is 2.30 bits per heavy atom. The Kier molecular flexibility index (Phi) is 9.45. The summed E-state index contributed by atoms with van der Waals surface area (Å²) in [6, 6.07) is 8.05. The molecule has 1 aliphatic rings. The van der Waals surface area contributed by atoms with E-state index in [0.717, 1.165) is 0 Å². The number of alkyl halides is 6. The number of hydrogen-bond donors (Lipinski definition) is 1. The van der Waals surface area contributed by atoms with Gasteiger partial charge >= 0.3 is 18.3 Å². The van der Waals surface area contributed by atoms with Gasteiger partial charge in [-0.1, -0.05) is 18.2 Å². The van der Waals surface area contributed by atoms with Crippen LogP contribution in [0.15, 0.2) is 36.4 Å². The first-order valence-electron chi connectivity index (χ1n) is 12.4. The first-order valence-corrected chi connectivity index (χ1v) is 12.4. The third kappa shape index (κ3) is 8.42. The Labute approximate surface area is 227 Å². The van der Waals surface area contributed by atoms with E-state index in [1.54, 1.807) is 6.07 Å². The van der Waals surface area contributed by atoms with Crippen molar-refractivity contribution in [1.29, 1.82) is 5.26 Å². The molecule has 0 radical (unpaired) electrons. The second-order valence-corrected chi connectivity index (χ2v) is 10.2. The van der Waals surface area contributed by atoms with Crippen molar-refractivity contribution in [3.8, 4) is 17.6 Å². The van der Waals surface area contributed by atoms with Crippen LogP contribution in [0.3, 0.4) is 0 Å². The Balaban J connectivity index is 1.85. The summed E-state index contributed by atoms with van der Waals surface area (Å²) in [5.41, 5.74) is 0.603. The average molecular weight is 574 g/mol. The Morgan fingerprint density at radius 2 is 1.73 bits per heavy atom. The van der Waals surface area contributed by atoms with E-state index in [1.165, 1.54) is 51.1 Å². The lowest BCUT2D eigenvalue weighted by molar-refractivity contribution is -0.269. The maximum absolute atomic E-state index is 14.4. The van der Waals surface area contributed by atoms with E-state index in [0.29, 0.717) is 29.3 Å². The number of nitrogens with zero attached hydrogens (tertiary/aromatic N) is 2. The Bertz CT molecular complexity index is 1230. The van der Waals surface area contributed by atoms with Gasteiger partial charge in [0, 0.05) is 13.0 Å². The van der Waals surface area contributed by atoms with Crippen molar-refractivity contribution in [2.45, 2.75) is 52.0 Å². The molecule has 2 aromatic rings. The van der Waals surface area contributed by atoms with Crippen LogP contribution in [0.1, 0.15) is 37.5 Å². The molecule has 0 unspecified atom stereocenters.